The number of hydrogen-bond acceptors (Lipinski definition) is 3. The normalized spacial score (nSPS) is 11.9. The topological polar surface area (TPSA) is 25.8 Å². The minimum absolute atomic E-state index is 0.288. The summed E-state index contributed by atoms with van der Waals surface area (Å²) in [6.45, 7) is 3.97. The van der Waals surface area contributed by atoms with Gasteiger partial charge in [0.25, 0.3) is 0 Å². The van der Waals surface area contributed by atoms with Gasteiger partial charge in [0, 0.05) is 11.6 Å². The molecule has 2 nitrogen and oxygen atoms in total. The van der Waals surface area contributed by atoms with Crippen LogP contribution in [0.25, 0.3) is 10.9 Å². The molecule has 0 unspecified atom stereocenters. The van der Waals surface area contributed by atoms with Gasteiger partial charge >= 0.3 is 0 Å². The first-order valence-corrected chi connectivity index (χ1v) is 4.97. The number of para-hydroxylation sites is 1. The highest BCUT2D eigenvalue weighted by Gasteiger charge is 2.18. The van der Waals surface area contributed by atoms with Crippen molar-refractivity contribution in [2.75, 3.05) is 0 Å². The van der Waals surface area contributed by atoms with E-state index in [0.717, 1.165) is 16.7 Å². The largest absolute Gasteiger partial charge is 0.239 e. The van der Waals surface area contributed by atoms with Gasteiger partial charge in [-0.25, -0.2) is 9.97 Å². The van der Waals surface area contributed by atoms with E-state index < -0.39 is 0 Å². The molecule has 1 heterocycles. The number of aromatic nitrogens is 2. The third-order valence-corrected chi connectivity index (χ3v) is 2.24. The molecule has 72 valence electrons. The van der Waals surface area contributed by atoms with E-state index in [-0.39, 0.29) is 4.75 Å². The quantitative estimate of drug-likeness (QED) is 0.723. The predicted octanol–water partition coefficient (Wildman–Crippen LogP) is 2.79. The van der Waals surface area contributed by atoms with E-state index >= 15 is 0 Å². The SMILES string of the molecule is CC(C)(S)c1ncc2ccccc2n1. The maximum Gasteiger partial charge on any atom is 0.144 e. The van der Waals surface area contributed by atoms with Gasteiger partial charge in [0.05, 0.1) is 10.3 Å². The van der Waals surface area contributed by atoms with E-state index in [1.165, 1.54) is 0 Å². The van der Waals surface area contributed by atoms with Crippen molar-refractivity contribution in [1.82, 2.24) is 9.97 Å². The van der Waals surface area contributed by atoms with Crippen LogP contribution in [0.1, 0.15) is 19.7 Å². The first kappa shape index (κ1) is 9.46. The van der Waals surface area contributed by atoms with Crippen LogP contribution in [0, 0.1) is 0 Å². The van der Waals surface area contributed by atoms with Gasteiger partial charge in [0.15, 0.2) is 0 Å². The van der Waals surface area contributed by atoms with Gasteiger partial charge in [-0.3, -0.25) is 0 Å². The Morgan fingerprint density at radius 2 is 1.93 bits per heavy atom. The fourth-order valence-electron chi connectivity index (χ4n) is 1.27. The molecule has 0 saturated heterocycles. The van der Waals surface area contributed by atoms with Crippen molar-refractivity contribution in [3.05, 3.63) is 36.3 Å². The molecular weight excluding hydrogens is 192 g/mol. The molecule has 2 rings (SSSR count). The highest BCUT2D eigenvalue weighted by molar-refractivity contribution is 7.81. The molecule has 2 aromatic rings. The Balaban J connectivity index is 2.63. The summed E-state index contributed by atoms with van der Waals surface area (Å²) in [5.74, 6) is 0.763. The molecule has 0 aliphatic rings. The second-order valence-corrected chi connectivity index (χ2v) is 4.93. The van der Waals surface area contributed by atoms with Crippen LogP contribution < -0.4 is 0 Å². The first-order chi connectivity index (χ1) is 6.57. The Kier molecular flexibility index (Phi) is 2.19. The molecule has 0 radical (unpaired) electrons. The van der Waals surface area contributed by atoms with Gasteiger partial charge in [0.1, 0.15) is 5.82 Å². The third-order valence-electron chi connectivity index (χ3n) is 2.04. The molecule has 14 heavy (non-hydrogen) atoms. The van der Waals surface area contributed by atoms with Crippen molar-refractivity contribution >= 4 is 23.5 Å². The molecule has 0 fully saturated rings. The summed E-state index contributed by atoms with van der Waals surface area (Å²) < 4.78 is -0.288. The predicted molar refractivity (Wildman–Crippen MR) is 61.6 cm³/mol. The summed E-state index contributed by atoms with van der Waals surface area (Å²) in [7, 11) is 0. The zero-order valence-electron chi connectivity index (χ0n) is 8.23. The van der Waals surface area contributed by atoms with Crippen LogP contribution in [0.4, 0.5) is 0 Å². The summed E-state index contributed by atoms with van der Waals surface area (Å²) in [4.78, 5) is 8.75. The molecule has 0 aliphatic carbocycles. The number of rotatable bonds is 1. The zero-order valence-corrected chi connectivity index (χ0v) is 9.12. The molecule has 1 aromatic heterocycles. The van der Waals surface area contributed by atoms with Crippen molar-refractivity contribution in [3.8, 4) is 0 Å². The maximum absolute atomic E-state index is 4.46. The van der Waals surface area contributed by atoms with Crippen LogP contribution in [0.2, 0.25) is 0 Å². The molecule has 3 heteroatoms. The van der Waals surface area contributed by atoms with Gasteiger partial charge in [-0.2, -0.15) is 12.6 Å². The van der Waals surface area contributed by atoms with Crippen LogP contribution in [-0.2, 0) is 4.75 Å². The highest BCUT2D eigenvalue weighted by Crippen LogP contribution is 2.24. The van der Waals surface area contributed by atoms with Crippen LogP contribution >= 0.6 is 12.6 Å². The van der Waals surface area contributed by atoms with Crippen molar-refractivity contribution < 1.29 is 0 Å². The molecule has 0 atom stereocenters. The smallest absolute Gasteiger partial charge is 0.144 e. The second kappa shape index (κ2) is 3.24. The average molecular weight is 204 g/mol. The summed E-state index contributed by atoms with van der Waals surface area (Å²) in [6, 6.07) is 7.95. The van der Waals surface area contributed by atoms with Crippen LogP contribution in [0.15, 0.2) is 30.5 Å². The van der Waals surface area contributed by atoms with Gasteiger partial charge < -0.3 is 0 Å². The third kappa shape index (κ3) is 1.73. The van der Waals surface area contributed by atoms with Gasteiger partial charge in [0.2, 0.25) is 0 Å². The highest BCUT2D eigenvalue weighted by atomic mass is 32.1. The minimum Gasteiger partial charge on any atom is -0.239 e. The van der Waals surface area contributed by atoms with Crippen molar-refractivity contribution in [2.45, 2.75) is 18.6 Å². The molecule has 0 saturated carbocycles. The lowest BCUT2D eigenvalue weighted by molar-refractivity contribution is 0.721. The molecule has 0 aliphatic heterocycles. The van der Waals surface area contributed by atoms with Gasteiger partial charge in [-0.05, 0) is 19.9 Å². The standard InChI is InChI=1S/C11H12N2S/c1-11(2,14)10-12-7-8-5-3-4-6-9(8)13-10/h3-7,14H,1-2H3. The molecule has 0 spiro atoms. The number of thiol groups is 1. The summed E-state index contributed by atoms with van der Waals surface area (Å²) in [5.41, 5.74) is 0.972. The Bertz CT molecular complexity index is 460. The summed E-state index contributed by atoms with van der Waals surface area (Å²) in [5, 5.41) is 1.06. The van der Waals surface area contributed by atoms with Crippen LogP contribution in [0.3, 0.4) is 0 Å². The maximum atomic E-state index is 4.46. The molecular formula is C11H12N2S. The van der Waals surface area contributed by atoms with Gasteiger partial charge in [-0.15, -0.1) is 0 Å². The monoisotopic (exact) mass is 204 g/mol. The van der Waals surface area contributed by atoms with E-state index in [2.05, 4.69) is 22.6 Å². The van der Waals surface area contributed by atoms with Crippen molar-refractivity contribution in [1.29, 1.82) is 0 Å². The van der Waals surface area contributed by atoms with E-state index in [1.807, 2.05) is 44.3 Å². The lowest BCUT2D eigenvalue weighted by atomic mass is 10.2. The van der Waals surface area contributed by atoms with Crippen LogP contribution in [-0.4, -0.2) is 9.97 Å². The minimum atomic E-state index is -0.288. The Morgan fingerprint density at radius 1 is 1.21 bits per heavy atom. The Morgan fingerprint density at radius 3 is 2.64 bits per heavy atom. The Hall–Kier alpha value is -1.09. The molecule has 0 bridgehead atoms. The second-order valence-electron chi connectivity index (χ2n) is 3.81. The average Bonchev–Trinajstić information content (AvgIpc) is 2.16. The first-order valence-electron chi connectivity index (χ1n) is 4.52. The summed E-state index contributed by atoms with van der Waals surface area (Å²) in [6.07, 6.45) is 1.84. The number of hydrogen-bond donors (Lipinski definition) is 1. The fraction of sp³-hybridized carbons (Fsp3) is 0.273. The van der Waals surface area contributed by atoms with Crippen LogP contribution in [0.5, 0.6) is 0 Å². The lowest BCUT2D eigenvalue weighted by Crippen LogP contribution is -2.12. The van der Waals surface area contributed by atoms with E-state index in [4.69, 9.17) is 0 Å². The van der Waals surface area contributed by atoms with E-state index in [0.29, 0.717) is 0 Å². The van der Waals surface area contributed by atoms with E-state index in [9.17, 15) is 0 Å². The Labute approximate surface area is 88.8 Å². The zero-order chi connectivity index (χ0) is 10.2. The molecule has 0 amide bonds. The molecule has 0 N–H and O–H groups in total. The number of nitrogens with zero attached hydrogens (tertiary/aromatic N) is 2. The summed E-state index contributed by atoms with van der Waals surface area (Å²) >= 11 is 4.44. The number of fused-ring (bicyclic) bond motifs is 1. The molecule has 1 aromatic carbocycles. The van der Waals surface area contributed by atoms with Crippen molar-refractivity contribution in [3.63, 3.8) is 0 Å². The van der Waals surface area contributed by atoms with E-state index in [1.54, 1.807) is 0 Å². The number of benzene rings is 1. The fourth-order valence-corrected chi connectivity index (χ4v) is 1.37. The van der Waals surface area contributed by atoms with Gasteiger partial charge in [-0.1, -0.05) is 18.2 Å². The lowest BCUT2D eigenvalue weighted by Gasteiger charge is -2.15. The van der Waals surface area contributed by atoms with Crippen molar-refractivity contribution in [2.24, 2.45) is 0 Å².